The molecule has 0 amide bonds. The Morgan fingerprint density at radius 1 is 0.972 bits per heavy atom. The van der Waals surface area contributed by atoms with E-state index in [2.05, 4.69) is 39.7 Å². The quantitative estimate of drug-likeness (QED) is 0.180. The van der Waals surface area contributed by atoms with E-state index in [1.54, 1.807) is 43.1 Å². The highest BCUT2D eigenvalue weighted by molar-refractivity contribution is 7.98. The van der Waals surface area contributed by atoms with E-state index in [-0.39, 0.29) is 12.4 Å². The number of phenolic OH excluding ortho intramolecular Hbond substituents is 1. The van der Waals surface area contributed by atoms with E-state index in [0.717, 1.165) is 29.2 Å². The van der Waals surface area contributed by atoms with Gasteiger partial charge >= 0.3 is 0 Å². The molecule has 0 bridgehead atoms. The van der Waals surface area contributed by atoms with Crippen molar-refractivity contribution >= 4 is 11.8 Å². The first-order valence-corrected chi connectivity index (χ1v) is 12.6. The van der Waals surface area contributed by atoms with Crippen molar-refractivity contribution in [2.24, 2.45) is 0 Å². The van der Waals surface area contributed by atoms with E-state index in [1.165, 1.54) is 5.56 Å². The van der Waals surface area contributed by atoms with Crippen molar-refractivity contribution in [2.75, 3.05) is 26.8 Å². The first kappa shape index (κ1) is 25.6. The Morgan fingerprint density at radius 2 is 1.69 bits per heavy atom. The fraction of sp³-hybridized carbons (Fsp3) is 0.259. The van der Waals surface area contributed by atoms with Crippen LogP contribution in [0.2, 0.25) is 0 Å². The number of aromatic hydroxyl groups is 1. The third-order valence-electron chi connectivity index (χ3n) is 5.35. The number of aliphatic hydroxyl groups excluding tert-OH is 1. The van der Waals surface area contributed by atoms with E-state index in [4.69, 9.17) is 14.0 Å². The van der Waals surface area contributed by atoms with Gasteiger partial charge in [-0.25, -0.2) is 0 Å². The molecule has 4 aromatic rings. The highest BCUT2D eigenvalue weighted by Crippen LogP contribution is 2.25. The van der Waals surface area contributed by atoms with Crippen LogP contribution in [0.25, 0.3) is 11.5 Å². The number of aromatic nitrogens is 2. The highest BCUT2D eigenvalue weighted by Gasteiger charge is 2.10. The zero-order chi connectivity index (χ0) is 25.2. The topological polar surface area (TPSA) is 110 Å². The molecule has 0 saturated carbocycles. The second-order valence-electron chi connectivity index (χ2n) is 8.09. The summed E-state index contributed by atoms with van der Waals surface area (Å²) in [6.07, 6.45) is 0.236. The lowest BCUT2D eigenvalue weighted by molar-refractivity contribution is 0.106. The van der Waals surface area contributed by atoms with Crippen molar-refractivity contribution in [3.8, 4) is 28.7 Å². The zero-order valence-corrected chi connectivity index (χ0v) is 20.8. The summed E-state index contributed by atoms with van der Waals surface area (Å²) in [6, 6.07) is 22.3. The van der Waals surface area contributed by atoms with Crippen molar-refractivity contribution < 1.29 is 24.2 Å². The molecule has 1 aromatic heterocycles. The molecule has 0 saturated heterocycles. The van der Waals surface area contributed by atoms with E-state index in [1.807, 2.05) is 24.3 Å². The Bertz CT molecular complexity index is 1200. The average Bonchev–Trinajstić information content (AvgIpc) is 3.39. The fourth-order valence-electron chi connectivity index (χ4n) is 3.36. The number of ether oxygens (including phenoxy) is 2. The molecule has 0 aliphatic heterocycles. The molecule has 0 aliphatic rings. The maximum Gasteiger partial charge on any atom is 0.257 e. The molecule has 9 heteroatoms. The average molecular weight is 508 g/mol. The number of thioether (sulfide) groups is 1. The summed E-state index contributed by atoms with van der Waals surface area (Å²) < 4.78 is 16.1. The Kier molecular flexibility index (Phi) is 9.21. The lowest BCUT2D eigenvalue weighted by atomic mass is 10.1. The van der Waals surface area contributed by atoms with Gasteiger partial charge in [-0.2, -0.15) is 4.98 Å². The van der Waals surface area contributed by atoms with Gasteiger partial charge in [-0.15, -0.1) is 11.8 Å². The van der Waals surface area contributed by atoms with Crippen molar-refractivity contribution in [1.82, 2.24) is 15.5 Å². The summed E-state index contributed by atoms with van der Waals surface area (Å²) in [4.78, 5) is 5.61. The van der Waals surface area contributed by atoms with Gasteiger partial charge in [0.2, 0.25) is 0 Å². The number of hydrogen-bond acceptors (Lipinski definition) is 9. The molecule has 4 rings (SSSR count). The number of hydrogen-bond donors (Lipinski definition) is 3. The van der Waals surface area contributed by atoms with Crippen LogP contribution in [0.1, 0.15) is 11.4 Å². The summed E-state index contributed by atoms with van der Waals surface area (Å²) >= 11 is 1.65. The van der Waals surface area contributed by atoms with Crippen molar-refractivity contribution in [2.45, 2.75) is 23.2 Å². The van der Waals surface area contributed by atoms with Gasteiger partial charge in [0.25, 0.3) is 5.89 Å². The van der Waals surface area contributed by atoms with Crippen LogP contribution in [-0.4, -0.2) is 53.3 Å². The Hall–Kier alpha value is -3.53. The highest BCUT2D eigenvalue weighted by atomic mass is 32.2. The molecule has 0 aliphatic carbocycles. The maximum absolute atomic E-state index is 10.1. The predicted molar refractivity (Wildman–Crippen MR) is 138 cm³/mol. The maximum atomic E-state index is 10.1. The standard InChI is InChI=1S/C27H29N3O5S/c1-33-23-8-4-20(5-9-23)27-29-26(30-35-27)18-36-25-12-2-19(3-13-25)14-15-28-16-22(32)17-34-24-10-6-21(31)7-11-24/h2-13,22,28,31-32H,14-18H2,1H3/t22-/m1/s1. The molecule has 0 spiro atoms. The van der Waals surface area contributed by atoms with Gasteiger partial charge in [0.05, 0.1) is 12.9 Å². The third-order valence-corrected chi connectivity index (χ3v) is 6.35. The van der Waals surface area contributed by atoms with Gasteiger partial charge in [0, 0.05) is 17.0 Å². The largest absolute Gasteiger partial charge is 0.508 e. The van der Waals surface area contributed by atoms with E-state index in [9.17, 15) is 10.2 Å². The molecule has 1 heterocycles. The van der Waals surface area contributed by atoms with E-state index in [0.29, 0.717) is 29.8 Å². The van der Waals surface area contributed by atoms with Gasteiger partial charge in [-0.3, -0.25) is 0 Å². The molecule has 3 aromatic carbocycles. The summed E-state index contributed by atoms with van der Waals surface area (Å²) in [5.74, 6) is 3.33. The number of methoxy groups -OCH3 is 1. The lowest BCUT2D eigenvalue weighted by Gasteiger charge is -2.13. The smallest absolute Gasteiger partial charge is 0.257 e. The van der Waals surface area contributed by atoms with Crippen LogP contribution < -0.4 is 14.8 Å². The molecule has 36 heavy (non-hydrogen) atoms. The second-order valence-corrected chi connectivity index (χ2v) is 9.14. The van der Waals surface area contributed by atoms with Crippen LogP contribution in [0.15, 0.2) is 82.2 Å². The number of benzene rings is 3. The predicted octanol–water partition coefficient (Wildman–Crippen LogP) is 4.32. The Labute approximate surface area is 214 Å². The molecule has 188 valence electrons. The van der Waals surface area contributed by atoms with Crippen LogP contribution in [0.4, 0.5) is 0 Å². The summed E-state index contributed by atoms with van der Waals surface area (Å²) in [5.41, 5.74) is 2.07. The molecule has 0 fully saturated rings. The second kappa shape index (κ2) is 13.0. The first-order chi connectivity index (χ1) is 17.6. The molecular formula is C27H29N3O5S. The van der Waals surface area contributed by atoms with Crippen LogP contribution in [0.5, 0.6) is 17.2 Å². The Balaban J connectivity index is 1.14. The number of aliphatic hydroxyl groups is 1. The van der Waals surface area contributed by atoms with Gasteiger partial charge < -0.3 is 29.5 Å². The van der Waals surface area contributed by atoms with Gasteiger partial charge in [0.15, 0.2) is 5.82 Å². The van der Waals surface area contributed by atoms with Gasteiger partial charge in [-0.1, -0.05) is 17.3 Å². The fourth-order valence-corrected chi connectivity index (χ4v) is 4.10. The minimum Gasteiger partial charge on any atom is -0.508 e. The third kappa shape index (κ3) is 7.74. The van der Waals surface area contributed by atoms with Crippen molar-refractivity contribution in [1.29, 1.82) is 0 Å². The zero-order valence-electron chi connectivity index (χ0n) is 20.0. The van der Waals surface area contributed by atoms with E-state index < -0.39 is 6.10 Å². The van der Waals surface area contributed by atoms with Crippen molar-refractivity contribution in [3.05, 3.63) is 84.2 Å². The number of nitrogens with zero attached hydrogens (tertiary/aromatic N) is 2. The minimum absolute atomic E-state index is 0.183. The summed E-state index contributed by atoms with van der Waals surface area (Å²) in [7, 11) is 1.63. The molecule has 3 N–H and O–H groups in total. The summed E-state index contributed by atoms with van der Waals surface area (Å²) in [5, 5.41) is 26.7. The van der Waals surface area contributed by atoms with Crippen LogP contribution in [-0.2, 0) is 12.2 Å². The minimum atomic E-state index is -0.618. The molecular weight excluding hydrogens is 478 g/mol. The van der Waals surface area contributed by atoms with Crippen molar-refractivity contribution in [3.63, 3.8) is 0 Å². The van der Waals surface area contributed by atoms with Crippen LogP contribution in [0.3, 0.4) is 0 Å². The Morgan fingerprint density at radius 3 is 2.42 bits per heavy atom. The lowest BCUT2D eigenvalue weighted by Crippen LogP contribution is -2.32. The molecule has 8 nitrogen and oxygen atoms in total. The van der Waals surface area contributed by atoms with Crippen LogP contribution in [0, 0.1) is 0 Å². The SMILES string of the molecule is COc1ccc(-c2nc(CSc3ccc(CCNC[C@@H](O)COc4ccc(O)cc4)cc3)no2)cc1. The number of phenols is 1. The van der Waals surface area contributed by atoms with E-state index >= 15 is 0 Å². The first-order valence-electron chi connectivity index (χ1n) is 11.6. The normalized spacial score (nSPS) is 11.8. The monoisotopic (exact) mass is 507 g/mol. The van der Waals surface area contributed by atoms with Crippen LogP contribution >= 0.6 is 11.8 Å². The molecule has 0 unspecified atom stereocenters. The number of nitrogens with one attached hydrogen (secondary N) is 1. The van der Waals surface area contributed by atoms with Gasteiger partial charge in [0.1, 0.15) is 30.0 Å². The molecule has 1 atom stereocenters. The van der Waals surface area contributed by atoms with Gasteiger partial charge in [-0.05, 0) is 79.2 Å². The number of rotatable bonds is 13. The molecule has 0 radical (unpaired) electrons. The summed E-state index contributed by atoms with van der Waals surface area (Å²) in [6.45, 7) is 1.38.